The van der Waals surface area contributed by atoms with Crippen molar-refractivity contribution in [2.45, 2.75) is 39.3 Å². The number of aromatic amines is 1. The Morgan fingerprint density at radius 2 is 1.73 bits per heavy atom. The lowest BCUT2D eigenvalue weighted by Gasteiger charge is -2.32. The molecule has 0 saturated carbocycles. The summed E-state index contributed by atoms with van der Waals surface area (Å²) in [5.41, 5.74) is 3.12. The molecule has 0 spiro atoms. The van der Waals surface area contributed by atoms with E-state index in [1.807, 2.05) is 26.0 Å². The van der Waals surface area contributed by atoms with Gasteiger partial charge in [0.1, 0.15) is 5.75 Å². The summed E-state index contributed by atoms with van der Waals surface area (Å²) >= 11 is 0. The van der Waals surface area contributed by atoms with E-state index < -0.39 is 0 Å². The van der Waals surface area contributed by atoms with Crippen molar-refractivity contribution in [2.75, 3.05) is 51.2 Å². The van der Waals surface area contributed by atoms with E-state index in [-0.39, 0.29) is 11.7 Å². The van der Waals surface area contributed by atoms with Crippen LogP contribution in [0.5, 0.6) is 5.75 Å². The average molecular weight is 412 g/mol. The largest absolute Gasteiger partial charge is 0.491 e. The van der Waals surface area contributed by atoms with Gasteiger partial charge in [-0.15, -0.1) is 0 Å². The van der Waals surface area contributed by atoms with Crippen LogP contribution in [0, 0.1) is 0 Å². The van der Waals surface area contributed by atoms with Crippen LogP contribution in [0.3, 0.4) is 0 Å². The maximum atomic E-state index is 12.8. The van der Waals surface area contributed by atoms with Gasteiger partial charge in [-0.2, -0.15) is 0 Å². The zero-order chi connectivity index (χ0) is 21.1. The fourth-order valence-electron chi connectivity index (χ4n) is 4.17. The van der Waals surface area contributed by atoms with Crippen molar-refractivity contribution in [3.8, 4) is 5.75 Å². The second-order valence-electron chi connectivity index (χ2n) is 8.69. The molecule has 162 valence electrons. The lowest BCUT2D eigenvalue weighted by molar-refractivity contribution is 0.242. The molecule has 1 aromatic carbocycles. The van der Waals surface area contributed by atoms with Gasteiger partial charge in [-0.25, -0.2) is 4.98 Å². The van der Waals surface area contributed by atoms with Gasteiger partial charge >= 0.3 is 0 Å². The Balaban J connectivity index is 1.41. The third kappa shape index (κ3) is 5.02. The van der Waals surface area contributed by atoms with Crippen molar-refractivity contribution < 1.29 is 4.74 Å². The molecule has 30 heavy (non-hydrogen) atoms. The first kappa shape index (κ1) is 20.9. The monoisotopic (exact) mass is 411 g/mol. The number of ether oxygens (including phenoxy) is 1. The van der Waals surface area contributed by atoms with Crippen molar-refractivity contribution >= 4 is 5.95 Å². The first-order valence-electron chi connectivity index (χ1n) is 11.0. The van der Waals surface area contributed by atoms with Gasteiger partial charge in [0.25, 0.3) is 5.56 Å². The summed E-state index contributed by atoms with van der Waals surface area (Å²) in [4.78, 5) is 27.6. The fourth-order valence-corrected chi connectivity index (χ4v) is 4.17. The van der Waals surface area contributed by atoms with Crippen LogP contribution in [-0.4, -0.2) is 72.2 Å². The van der Waals surface area contributed by atoms with Crippen LogP contribution < -0.4 is 15.2 Å². The SMILES string of the molecule is CC(C)Oc1ccc(CN2CCc3nc(N4CCN(C)CC4)[nH]c(=O)c3CC2)cc1. The predicted octanol–water partition coefficient (Wildman–Crippen LogP) is 1.91. The quantitative estimate of drug-likeness (QED) is 0.811. The number of likely N-dealkylation sites (N-methyl/N-ethyl adjacent to an activating group) is 1. The zero-order valence-corrected chi connectivity index (χ0v) is 18.4. The smallest absolute Gasteiger partial charge is 0.255 e. The molecule has 4 rings (SSSR count). The Kier molecular flexibility index (Phi) is 6.39. The van der Waals surface area contributed by atoms with Crippen LogP contribution in [0.2, 0.25) is 0 Å². The van der Waals surface area contributed by atoms with E-state index in [1.54, 1.807) is 0 Å². The van der Waals surface area contributed by atoms with Crippen molar-refractivity contribution in [1.82, 2.24) is 19.8 Å². The Morgan fingerprint density at radius 3 is 2.43 bits per heavy atom. The Labute approximate surface area is 178 Å². The van der Waals surface area contributed by atoms with Crippen molar-refractivity contribution in [1.29, 1.82) is 0 Å². The topological polar surface area (TPSA) is 64.7 Å². The molecule has 0 bridgehead atoms. The van der Waals surface area contributed by atoms with Crippen molar-refractivity contribution in [2.24, 2.45) is 0 Å². The van der Waals surface area contributed by atoms with Crippen LogP contribution in [0.15, 0.2) is 29.1 Å². The normalized spacial score (nSPS) is 18.3. The number of piperazine rings is 1. The average Bonchev–Trinajstić information content (AvgIpc) is 2.92. The second-order valence-corrected chi connectivity index (χ2v) is 8.69. The number of hydrogen-bond acceptors (Lipinski definition) is 6. The van der Waals surface area contributed by atoms with E-state index in [2.05, 4.69) is 38.9 Å². The molecule has 1 N–H and O–H groups in total. The molecule has 1 aromatic heterocycles. The molecule has 1 fully saturated rings. The molecule has 0 radical (unpaired) electrons. The van der Waals surface area contributed by atoms with E-state index in [0.717, 1.165) is 81.6 Å². The van der Waals surface area contributed by atoms with Crippen molar-refractivity contribution in [3.05, 3.63) is 51.4 Å². The molecule has 1 saturated heterocycles. The number of aromatic nitrogens is 2. The number of nitrogens with one attached hydrogen (secondary N) is 1. The summed E-state index contributed by atoms with van der Waals surface area (Å²) in [5, 5.41) is 0. The van der Waals surface area contributed by atoms with Gasteiger partial charge in [0.05, 0.1) is 11.8 Å². The van der Waals surface area contributed by atoms with Gasteiger partial charge < -0.3 is 14.5 Å². The molecule has 2 aromatic rings. The molecule has 2 aliphatic heterocycles. The molecule has 3 heterocycles. The minimum absolute atomic E-state index is 0.0333. The molecule has 0 amide bonds. The summed E-state index contributed by atoms with van der Waals surface area (Å²) in [6.45, 7) is 10.5. The summed E-state index contributed by atoms with van der Waals surface area (Å²) in [5.74, 6) is 1.64. The van der Waals surface area contributed by atoms with Gasteiger partial charge in [-0.1, -0.05) is 12.1 Å². The van der Waals surface area contributed by atoms with Gasteiger partial charge in [-0.05, 0) is 45.0 Å². The predicted molar refractivity (Wildman–Crippen MR) is 119 cm³/mol. The fraction of sp³-hybridized carbons (Fsp3) is 0.565. The lowest BCUT2D eigenvalue weighted by Crippen LogP contribution is -2.45. The molecule has 2 aliphatic rings. The highest BCUT2D eigenvalue weighted by Crippen LogP contribution is 2.18. The van der Waals surface area contributed by atoms with Crippen LogP contribution in [0.25, 0.3) is 0 Å². The Morgan fingerprint density at radius 1 is 1.03 bits per heavy atom. The van der Waals surface area contributed by atoms with E-state index in [4.69, 9.17) is 9.72 Å². The van der Waals surface area contributed by atoms with Gasteiger partial charge in [0.15, 0.2) is 0 Å². The van der Waals surface area contributed by atoms with E-state index in [0.29, 0.717) is 0 Å². The summed E-state index contributed by atoms with van der Waals surface area (Å²) in [6, 6.07) is 8.34. The van der Waals surface area contributed by atoms with Gasteiger partial charge in [-0.3, -0.25) is 14.7 Å². The minimum Gasteiger partial charge on any atom is -0.491 e. The number of fused-ring (bicyclic) bond motifs is 1. The van der Waals surface area contributed by atoms with Crippen LogP contribution >= 0.6 is 0 Å². The highest BCUT2D eigenvalue weighted by Gasteiger charge is 2.22. The van der Waals surface area contributed by atoms with E-state index >= 15 is 0 Å². The molecule has 7 nitrogen and oxygen atoms in total. The van der Waals surface area contributed by atoms with Gasteiger partial charge in [0, 0.05) is 57.8 Å². The lowest BCUT2D eigenvalue weighted by atomic mass is 10.1. The number of anilines is 1. The highest BCUT2D eigenvalue weighted by molar-refractivity contribution is 5.35. The molecule has 0 aliphatic carbocycles. The third-order valence-corrected chi connectivity index (χ3v) is 5.94. The Hall–Kier alpha value is -2.38. The number of nitrogens with zero attached hydrogens (tertiary/aromatic N) is 4. The second kappa shape index (κ2) is 9.18. The van der Waals surface area contributed by atoms with Crippen molar-refractivity contribution in [3.63, 3.8) is 0 Å². The molecule has 7 heteroatoms. The number of rotatable bonds is 5. The first-order valence-corrected chi connectivity index (χ1v) is 11.0. The highest BCUT2D eigenvalue weighted by atomic mass is 16.5. The zero-order valence-electron chi connectivity index (χ0n) is 18.4. The van der Waals surface area contributed by atoms with Crippen LogP contribution in [-0.2, 0) is 19.4 Å². The molecule has 0 atom stereocenters. The molecule has 0 unspecified atom stereocenters. The summed E-state index contributed by atoms with van der Waals surface area (Å²) in [6.07, 6.45) is 1.74. The summed E-state index contributed by atoms with van der Waals surface area (Å²) in [7, 11) is 2.13. The number of benzene rings is 1. The van der Waals surface area contributed by atoms with Crippen LogP contribution in [0.4, 0.5) is 5.95 Å². The number of hydrogen-bond donors (Lipinski definition) is 1. The standard InChI is InChI=1S/C23H33N5O2/c1-17(2)30-19-6-4-18(5-7-19)16-27-10-8-20-21(9-11-27)24-23(25-22(20)29)28-14-12-26(3)13-15-28/h4-7,17H,8-16H2,1-3H3,(H,24,25,29). The van der Waals surface area contributed by atoms with E-state index in [9.17, 15) is 4.79 Å². The molecular formula is C23H33N5O2. The molecular weight excluding hydrogens is 378 g/mol. The minimum atomic E-state index is 0.0333. The Bertz CT molecular complexity index is 901. The van der Waals surface area contributed by atoms with Crippen LogP contribution in [0.1, 0.15) is 30.7 Å². The third-order valence-electron chi connectivity index (χ3n) is 5.94. The van der Waals surface area contributed by atoms with Gasteiger partial charge in [0.2, 0.25) is 5.95 Å². The maximum absolute atomic E-state index is 12.8. The first-order chi connectivity index (χ1) is 14.5. The summed E-state index contributed by atoms with van der Waals surface area (Å²) < 4.78 is 5.73. The number of H-pyrrole nitrogens is 1. The maximum Gasteiger partial charge on any atom is 0.255 e. The van der Waals surface area contributed by atoms with E-state index in [1.165, 1.54) is 5.56 Å².